The Morgan fingerprint density at radius 2 is 2.12 bits per heavy atom. The lowest BCUT2D eigenvalue weighted by Gasteiger charge is -2.11. The zero-order valence-corrected chi connectivity index (χ0v) is 11.8. The smallest absolute Gasteiger partial charge is 0.0644 e. The first-order valence-corrected chi connectivity index (χ1v) is 7.06. The molecule has 1 atom stereocenters. The van der Waals surface area contributed by atoms with Crippen molar-refractivity contribution in [1.29, 1.82) is 0 Å². The van der Waals surface area contributed by atoms with Gasteiger partial charge in [0, 0.05) is 23.1 Å². The Morgan fingerprint density at radius 1 is 1.44 bits per heavy atom. The molecule has 1 N–H and O–H groups in total. The SMILES string of the molecule is CCSCCn1nc(C)c(C(C)NC)c1C. The van der Waals surface area contributed by atoms with Crippen LogP contribution in [0.15, 0.2) is 0 Å². The maximum atomic E-state index is 4.61. The molecule has 1 rings (SSSR count). The number of hydrogen-bond acceptors (Lipinski definition) is 3. The van der Waals surface area contributed by atoms with Crippen molar-refractivity contribution in [2.45, 2.75) is 40.3 Å². The van der Waals surface area contributed by atoms with Crippen molar-refractivity contribution in [3.05, 3.63) is 17.0 Å². The van der Waals surface area contributed by atoms with Crippen LogP contribution in [-0.4, -0.2) is 28.3 Å². The molecular weight excluding hydrogens is 218 g/mol. The van der Waals surface area contributed by atoms with Gasteiger partial charge in [-0.1, -0.05) is 6.92 Å². The molecule has 0 fully saturated rings. The molecule has 3 nitrogen and oxygen atoms in total. The summed E-state index contributed by atoms with van der Waals surface area (Å²) >= 11 is 1.96. The second-order valence-electron chi connectivity index (χ2n) is 4.01. The second kappa shape index (κ2) is 6.30. The van der Waals surface area contributed by atoms with Crippen LogP contribution in [0.2, 0.25) is 0 Å². The predicted molar refractivity (Wildman–Crippen MR) is 72.2 cm³/mol. The van der Waals surface area contributed by atoms with Crippen LogP contribution in [0.5, 0.6) is 0 Å². The average molecular weight is 241 g/mol. The van der Waals surface area contributed by atoms with Gasteiger partial charge >= 0.3 is 0 Å². The number of thioether (sulfide) groups is 1. The lowest BCUT2D eigenvalue weighted by molar-refractivity contribution is 0.624. The molecule has 0 saturated heterocycles. The number of nitrogens with one attached hydrogen (secondary N) is 1. The highest BCUT2D eigenvalue weighted by Crippen LogP contribution is 2.21. The summed E-state index contributed by atoms with van der Waals surface area (Å²) in [5.74, 6) is 2.32. The van der Waals surface area contributed by atoms with Gasteiger partial charge < -0.3 is 5.32 Å². The average Bonchev–Trinajstić information content (AvgIpc) is 2.54. The number of nitrogens with zero attached hydrogens (tertiary/aromatic N) is 2. The first-order chi connectivity index (χ1) is 7.61. The van der Waals surface area contributed by atoms with E-state index in [0.29, 0.717) is 6.04 Å². The Balaban J connectivity index is 2.80. The molecule has 1 heterocycles. The van der Waals surface area contributed by atoms with Crippen molar-refractivity contribution in [1.82, 2.24) is 15.1 Å². The topological polar surface area (TPSA) is 29.9 Å². The van der Waals surface area contributed by atoms with Crippen molar-refractivity contribution in [2.24, 2.45) is 0 Å². The van der Waals surface area contributed by atoms with E-state index in [1.807, 2.05) is 18.8 Å². The van der Waals surface area contributed by atoms with Crippen molar-refractivity contribution in [3.63, 3.8) is 0 Å². The van der Waals surface area contributed by atoms with E-state index >= 15 is 0 Å². The molecule has 0 radical (unpaired) electrons. The van der Waals surface area contributed by atoms with Crippen LogP contribution in [0, 0.1) is 13.8 Å². The van der Waals surface area contributed by atoms with Gasteiger partial charge in [-0.05, 0) is 33.6 Å². The standard InChI is InChI=1S/C12H23N3S/c1-6-16-8-7-15-11(4)12(9(2)13-5)10(3)14-15/h9,13H,6-8H2,1-5H3. The fourth-order valence-corrected chi connectivity index (χ4v) is 2.59. The molecular formula is C12H23N3S. The maximum absolute atomic E-state index is 4.61. The third-order valence-corrected chi connectivity index (χ3v) is 3.83. The normalized spacial score (nSPS) is 13.1. The first-order valence-electron chi connectivity index (χ1n) is 5.90. The second-order valence-corrected chi connectivity index (χ2v) is 5.41. The molecule has 0 aliphatic heterocycles. The van der Waals surface area contributed by atoms with E-state index in [2.05, 4.69) is 42.8 Å². The van der Waals surface area contributed by atoms with E-state index in [1.165, 1.54) is 17.0 Å². The minimum atomic E-state index is 0.382. The van der Waals surface area contributed by atoms with Crippen LogP contribution < -0.4 is 5.32 Å². The Morgan fingerprint density at radius 3 is 2.69 bits per heavy atom. The molecule has 0 saturated carbocycles. The summed E-state index contributed by atoms with van der Waals surface area (Å²) in [6, 6.07) is 0.382. The fraction of sp³-hybridized carbons (Fsp3) is 0.750. The van der Waals surface area contributed by atoms with Crippen molar-refractivity contribution >= 4 is 11.8 Å². The summed E-state index contributed by atoms with van der Waals surface area (Å²) < 4.78 is 2.14. The number of aryl methyl sites for hydroxylation is 2. The monoisotopic (exact) mass is 241 g/mol. The Bertz CT molecular complexity index is 333. The van der Waals surface area contributed by atoms with Gasteiger partial charge in [0.15, 0.2) is 0 Å². The van der Waals surface area contributed by atoms with E-state index in [0.717, 1.165) is 18.0 Å². The summed E-state index contributed by atoms with van der Waals surface area (Å²) in [5.41, 5.74) is 3.81. The molecule has 92 valence electrons. The zero-order valence-electron chi connectivity index (χ0n) is 11.0. The van der Waals surface area contributed by atoms with Crippen molar-refractivity contribution < 1.29 is 0 Å². The van der Waals surface area contributed by atoms with Crippen molar-refractivity contribution in [3.8, 4) is 0 Å². The quantitative estimate of drug-likeness (QED) is 0.776. The summed E-state index contributed by atoms with van der Waals surface area (Å²) in [6.45, 7) is 9.66. The van der Waals surface area contributed by atoms with E-state index in [4.69, 9.17) is 0 Å². The van der Waals surface area contributed by atoms with Crippen LogP contribution in [0.4, 0.5) is 0 Å². The first kappa shape index (κ1) is 13.6. The van der Waals surface area contributed by atoms with Gasteiger partial charge in [0.25, 0.3) is 0 Å². The van der Waals surface area contributed by atoms with Crippen LogP contribution in [0.1, 0.15) is 36.8 Å². The van der Waals surface area contributed by atoms with E-state index in [-0.39, 0.29) is 0 Å². The lowest BCUT2D eigenvalue weighted by Crippen LogP contribution is -2.14. The Hall–Kier alpha value is -0.480. The van der Waals surface area contributed by atoms with Gasteiger partial charge in [0.2, 0.25) is 0 Å². The Kier molecular flexibility index (Phi) is 5.35. The van der Waals surface area contributed by atoms with E-state index in [9.17, 15) is 0 Å². The number of hydrogen-bond donors (Lipinski definition) is 1. The van der Waals surface area contributed by atoms with Crippen molar-refractivity contribution in [2.75, 3.05) is 18.6 Å². The third-order valence-electron chi connectivity index (χ3n) is 2.96. The van der Waals surface area contributed by atoms with Gasteiger partial charge in [-0.15, -0.1) is 0 Å². The van der Waals surface area contributed by atoms with Gasteiger partial charge in [0.05, 0.1) is 12.2 Å². The number of aromatic nitrogens is 2. The fourth-order valence-electron chi connectivity index (χ4n) is 1.99. The summed E-state index contributed by atoms with van der Waals surface area (Å²) in [5, 5.41) is 7.90. The van der Waals surface area contributed by atoms with Crippen LogP contribution >= 0.6 is 11.8 Å². The highest BCUT2D eigenvalue weighted by molar-refractivity contribution is 7.99. The Labute approximate surface area is 103 Å². The number of rotatable bonds is 6. The third kappa shape index (κ3) is 3.01. The highest BCUT2D eigenvalue weighted by Gasteiger charge is 2.15. The molecule has 1 aromatic rings. The van der Waals surface area contributed by atoms with Crippen LogP contribution in [0.3, 0.4) is 0 Å². The molecule has 0 aromatic carbocycles. The molecule has 4 heteroatoms. The minimum Gasteiger partial charge on any atom is -0.313 e. The summed E-state index contributed by atoms with van der Waals surface area (Å²) in [6.07, 6.45) is 0. The van der Waals surface area contributed by atoms with Gasteiger partial charge in [-0.25, -0.2) is 0 Å². The molecule has 1 unspecified atom stereocenters. The molecule has 0 bridgehead atoms. The predicted octanol–water partition coefficient (Wildman–Crippen LogP) is 2.53. The lowest BCUT2D eigenvalue weighted by atomic mass is 10.1. The van der Waals surface area contributed by atoms with E-state index < -0.39 is 0 Å². The van der Waals surface area contributed by atoms with Gasteiger partial charge in [-0.3, -0.25) is 4.68 Å². The van der Waals surface area contributed by atoms with E-state index in [1.54, 1.807) is 0 Å². The van der Waals surface area contributed by atoms with Crippen LogP contribution in [0.25, 0.3) is 0 Å². The largest absolute Gasteiger partial charge is 0.313 e. The molecule has 0 spiro atoms. The van der Waals surface area contributed by atoms with Gasteiger partial charge in [-0.2, -0.15) is 16.9 Å². The minimum absolute atomic E-state index is 0.382. The molecule has 16 heavy (non-hydrogen) atoms. The summed E-state index contributed by atoms with van der Waals surface area (Å²) in [7, 11) is 1.99. The van der Waals surface area contributed by atoms with Crippen LogP contribution in [-0.2, 0) is 6.54 Å². The summed E-state index contributed by atoms with van der Waals surface area (Å²) in [4.78, 5) is 0. The highest BCUT2D eigenvalue weighted by atomic mass is 32.2. The maximum Gasteiger partial charge on any atom is 0.0644 e. The molecule has 0 aliphatic rings. The molecule has 1 aromatic heterocycles. The molecule has 0 amide bonds. The van der Waals surface area contributed by atoms with Gasteiger partial charge in [0.1, 0.15) is 0 Å². The molecule has 0 aliphatic carbocycles. The zero-order chi connectivity index (χ0) is 12.1.